The molecule has 0 atom stereocenters. The van der Waals surface area contributed by atoms with Gasteiger partial charge in [-0.15, -0.1) is 0 Å². The molecule has 0 unspecified atom stereocenters. The van der Waals surface area contributed by atoms with E-state index in [1.54, 1.807) is 0 Å². The first kappa shape index (κ1) is 12.0. The lowest BCUT2D eigenvalue weighted by Gasteiger charge is -2.30. The normalized spacial score (nSPS) is 19.5. The molecule has 1 aliphatic heterocycles. The van der Waals surface area contributed by atoms with E-state index < -0.39 is 5.97 Å². The topological polar surface area (TPSA) is 52.6 Å². The summed E-state index contributed by atoms with van der Waals surface area (Å²) in [5, 5.41) is 11.4. The molecule has 0 spiro atoms. The first-order chi connectivity index (χ1) is 7.22. The third-order valence-corrected chi connectivity index (χ3v) is 2.90. The fraction of sp³-hybridized carbons (Fsp3) is 0.727. The van der Waals surface area contributed by atoms with Gasteiger partial charge in [-0.05, 0) is 38.4 Å². The fourth-order valence-corrected chi connectivity index (χ4v) is 1.87. The Kier molecular flexibility index (Phi) is 5.18. The largest absolute Gasteiger partial charge is 0.478 e. The van der Waals surface area contributed by atoms with Gasteiger partial charge in [0.05, 0.1) is 0 Å². The van der Waals surface area contributed by atoms with Crippen molar-refractivity contribution in [3.05, 3.63) is 12.3 Å². The molecule has 1 aliphatic rings. The van der Waals surface area contributed by atoms with Gasteiger partial charge in [0.1, 0.15) is 0 Å². The molecule has 4 nitrogen and oxygen atoms in total. The van der Waals surface area contributed by atoms with Gasteiger partial charge in [-0.1, -0.05) is 6.92 Å². The average Bonchev–Trinajstić information content (AvgIpc) is 2.25. The maximum absolute atomic E-state index is 10.2. The summed E-state index contributed by atoms with van der Waals surface area (Å²) in [6, 6.07) is 0. The molecule has 0 aromatic heterocycles. The Morgan fingerprint density at radius 1 is 1.53 bits per heavy atom. The molecule has 0 saturated carbocycles. The molecule has 0 radical (unpaired) electrons. The molecule has 4 heteroatoms. The second kappa shape index (κ2) is 6.45. The molecule has 0 aromatic carbocycles. The molecule has 1 heterocycles. The van der Waals surface area contributed by atoms with E-state index >= 15 is 0 Å². The number of likely N-dealkylation sites (tertiary alicyclic amines) is 1. The van der Waals surface area contributed by atoms with Crippen LogP contribution in [0.15, 0.2) is 12.3 Å². The van der Waals surface area contributed by atoms with Crippen LogP contribution in [0.4, 0.5) is 0 Å². The lowest BCUT2D eigenvalue weighted by atomic mass is 9.97. The van der Waals surface area contributed by atoms with E-state index in [1.165, 1.54) is 32.1 Å². The van der Waals surface area contributed by atoms with E-state index in [9.17, 15) is 4.79 Å². The van der Waals surface area contributed by atoms with Crippen molar-refractivity contribution in [2.24, 2.45) is 5.92 Å². The highest BCUT2D eigenvalue weighted by Gasteiger charge is 2.16. The molecule has 1 fully saturated rings. The zero-order valence-corrected chi connectivity index (χ0v) is 9.28. The van der Waals surface area contributed by atoms with Crippen LogP contribution in [0.2, 0.25) is 0 Å². The lowest BCUT2D eigenvalue weighted by molar-refractivity contribution is -0.131. The highest BCUT2D eigenvalue weighted by molar-refractivity contribution is 5.79. The molecule has 0 aliphatic carbocycles. The summed E-state index contributed by atoms with van der Waals surface area (Å²) in [7, 11) is 0. The van der Waals surface area contributed by atoms with E-state index in [0.717, 1.165) is 19.2 Å². The third-order valence-electron chi connectivity index (χ3n) is 2.90. The van der Waals surface area contributed by atoms with Crippen LogP contribution in [0.1, 0.15) is 19.8 Å². The zero-order valence-electron chi connectivity index (χ0n) is 9.28. The van der Waals surface area contributed by atoms with Crippen LogP contribution in [-0.2, 0) is 4.79 Å². The standard InChI is InChI=1S/C11H20N2O2/c1-2-13-7-4-10(5-8-13)9-12-6-3-11(14)15/h3,6,10,12H,2,4-5,7-9H2,1H3,(H,14,15)/b6-3+. The first-order valence-corrected chi connectivity index (χ1v) is 5.57. The molecule has 86 valence electrons. The molecular weight excluding hydrogens is 192 g/mol. The summed E-state index contributed by atoms with van der Waals surface area (Å²) < 4.78 is 0. The number of rotatable bonds is 5. The predicted molar refractivity (Wildman–Crippen MR) is 59.6 cm³/mol. The van der Waals surface area contributed by atoms with Crippen molar-refractivity contribution in [3.8, 4) is 0 Å². The van der Waals surface area contributed by atoms with Gasteiger partial charge in [0.2, 0.25) is 0 Å². The van der Waals surface area contributed by atoms with Gasteiger partial charge in [0, 0.05) is 18.8 Å². The number of carbonyl (C=O) groups is 1. The van der Waals surface area contributed by atoms with Crippen LogP contribution in [-0.4, -0.2) is 42.2 Å². The molecule has 15 heavy (non-hydrogen) atoms. The van der Waals surface area contributed by atoms with Crippen LogP contribution in [0.3, 0.4) is 0 Å². The van der Waals surface area contributed by atoms with E-state index in [0.29, 0.717) is 5.92 Å². The van der Waals surface area contributed by atoms with Crippen molar-refractivity contribution in [2.45, 2.75) is 19.8 Å². The van der Waals surface area contributed by atoms with Crippen molar-refractivity contribution in [1.82, 2.24) is 10.2 Å². The number of hydrogen-bond acceptors (Lipinski definition) is 3. The Bertz CT molecular complexity index is 221. The van der Waals surface area contributed by atoms with Crippen LogP contribution in [0, 0.1) is 5.92 Å². The minimum atomic E-state index is -0.900. The van der Waals surface area contributed by atoms with Gasteiger partial charge in [0.25, 0.3) is 0 Å². The Labute approximate surface area is 91.0 Å². The number of carboxylic acids is 1. The van der Waals surface area contributed by atoms with Crippen molar-refractivity contribution >= 4 is 5.97 Å². The van der Waals surface area contributed by atoms with E-state index in [1.807, 2.05) is 0 Å². The minimum Gasteiger partial charge on any atom is -0.478 e. The van der Waals surface area contributed by atoms with E-state index in [-0.39, 0.29) is 0 Å². The number of nitrogens with one attached hydrogen (secondary N) is 1. The summed E-state index contributed by atoms with van der Waals surface area (Å²) >= 11 is 0. The van der Waals surface area contributed by atoms with Crippen molar-refractivity contribution in [2.75, 3.05) is 26.2 Å². The Morgan fingerprint density at radius 2 is 2.20 bits per heavy atom. The van der Waals surface area contributed by atoms with Gasteiger partial charge >= 0.3 is 5.97 Å². The highest BCUT2D eigenvalue weighted by atomic mass is 16.4. The van der Waals surface area contributed by atoms with Gasteiger partial charge in [-0.3, -0.25) is 0 Å². The molecule has 0 amide bonds. The van der Waals surface area contributed by atoms with Gasteiger partial charge in [0.15, 0.2) is 0 Å². The summed E-state index contributed by atoms with van der Waals surface area (Å²) in [5.74, 6) is -0.213. The monoisotopic (exact) mass is 212 g/mol. The number of hydrogen-bond donors (Lipinski definition) is 2. The number of carboxylic acid groups (broad SMARTS) is 1. The number of piperidine rings is 1. The average molecular weight is 212 g/mol. The SMILES string of the molecule is CCN1CCC(CN/C=C/C(=O)O)CC1. The van der Waals surface area contributed by atoms with Gasteiger partial charge in [-0.2, -0.15) is 0 Å². The van der Waals surface area contributed by atoms with Gasteiger partial charge in [-0.25, -0.2) is 4.79 Å². The third kappa shape index (κ3) is 4.83. The number of nitrogens with zero attached hydrogens (tertiary/aromatic N) is 1. The molecular formula is C11H20N2O2. The van der Waals surface area contributed by atoms with E-state index in [4.69, 9.17) is 5.11 Å². The van der Waals surface area contributed by atoms with Crippen molar-refractivity contribution in [1.29, 1.82) is 0 Å². The summed E-state index contributed by atoms with van der Waals surface area (Å²) in [5.41, 5.74) is 0. The Morgan fingerprint density at radius 3 is 2.73 bits per heavy atom. The van der Waals surface area contributed by atoms with Gasteiger partial charge < -0.3 is 15.3 Å². The van der Waals surface area contributed by atoms with Crippen molar-refractivity contribution in [3.63, 3.8) is 0 Å². The molecule has 1 rings (SSSR count). The van der Waals surface area contributed by atoms with Crippen molar-refractivity contribution < 1.29 is 9.90 Å². The quantitative estimate of drug-likeness (QED) is 0.665. The highest BCUT2D eigenvalue weighted by Crippen LogP contribution is 2.15. The fourth-order valence-electron chi connectivity index (χ4n) is 1.87. The molecule has 1 saturated heterocycles. The maximum Gasteiger partial charge on any atom is 0.329 e. The Hall–Kier alpha value is -1.03. The van der Waals surface area contributed by atoms with Crippen LogP contribution < -0.4 is 5.32 Å². The molecule has 0 aromatic rings. The smallest absolute Gasteiger partial charge is 0.329 e. The maximum atomic E-state index is 10.2. The molecule has 0 bridgehead atoms. The first-order valence-electron chi connectivity index (χ1n) is 5.57. The molecule has 2 N–H and O–H groups in total. The summed E-state index contributed by atoms with van der Waals surface area (Å²) in [6.07, 6.45) is 5.08. The lowest BCUT2D eigenvalue weighted by Crippen LogP contribution is -2.36. The predicted octanol–water partition coefficient (Wildman–Crippen LogP) is 0.906. The second-order valence-corrected chi connectivity index (χ2v) is 3.96. The van der Waals surface area contributed by atoms with Crippen LogP contribution in [0.25, 0.3) is 0 Å². The summed E-state index contributed by atoms with van der Waals surface area (Å²) in [4.78, 5) is 12.6. The van der Waals surface area contributed by atoms with Crippen LogP contribution >= 0.6 is 0 Å². The van der Waals surface area contributed by atoms with Crippen LogP contribution in [0.5, 0.6) is 0 Å². The zero-order chi connectivity index (χ0) is 11.1. The number of aliphatic carboxylic acids is 1. The minimum absolute atomic E-state index is 0.686. The second-order valence-electron chi connectivity index (χ2n) is 3.96. The summed E-state index contributed by atoms with van der Waals surface area (Å²) in [6.45, 7) is 6.56. The Balaban J connectivity index is 2.11. The van der Waals surface area contributed by atoms with E-state index in [2.05, 4.69) is 17.1 Å².